The van der Waals surface area contributed by atoms with Gasteiger partial charge in [0.25, 0.3) is 0 Å². The molecule has 1 saturated carbocycles. The van der Waals surface area contributed by atoms with Gasteiger partial charge in [-0.3, -0.25) is 4.79 Å². The molecule has 0 radical (unpaired) electrons. The van der Waals surface area contributed by atoms with Gasteiger partial charge in [-0.2, -0.15) is 0 Å². The summed E-state index contributed by atoms with van der Waals surface area (Å²) < 4.78 is 5.22. The number of Topliss-reactive ketones (excluding diaryl/α,β-unsaturated/α-hetero) is 1. The lowest BCUT2D eigenvalue weighted by Gasteiger charge is -2.03. The summed E-state index contributed by atoms with van der Waals surface area (Å²) in [7, 11) is 1.64. The first-order chi connectivity index (χ1) is 8.53. The molecule has 1 heterocycles. The van der Waals surface area contributed by atoms with Crippen LogP contribution in [-0.2, 0) is 0 Å². The molecule has 1 unspecified atom stereocenters. The lowest BCUT2D eigenvalue weighted by molar-refractivity contribution is 0.0955. The molecule has 1 fully saturated rings. The SMILES string of the molecule is COc1ccc2[nH]cc(C(=O)C3CC3(C)C)c2c1. The van der Waals surface area contributed by atoms with Gasteiger partial charge in [0.2, 0.25) is 0 Å². The summed E-state index contributed by atoms with van der Waals surface area (Å²) in [5.74, 6) is 1.20. The number of aromatic amines is 1. The number of carbonyl (C=O) groups is 1. The molecule has 1 aromatic carbocycles. The minimum absolute atomic E-state index is 0.166. The molecule has 1 aromatic heterocycles. The predicted molar refractivity (Wildman–Crippen MR) is 71.1 cm³/mol. The molecule has 3 rings (SSSR count). The number of ketones is 1. The zero-order chi connectivity index (χ0) is 12.9. The van der Waals surface area contributed by atoms with Crippen LogP contribution < -0.4 is 4.74 Å². The second kappa shape index (κ2) is 3.61. The molecule has 0 amide bonds. The molecule has 0 aliphatic heterocycles. The van der Waals surface area contributed by atoms with Crippen LogP contribution in [0, 0.1) is 11.3 Å². The number of H-pyrrole nitrogens is 1. The Labute approximate surface area is 106 Å². The Morgan fingerprint density at radius 2 is 2.17 bits per heavy atom. The quantitative estimate of drug-likeness (QED) is 0.839. The van der Waals surface area contributed by atoms with Crippen LogP contribution in [0.3, 0.4) is 0 Å². The fourth-order valence-electron chi connectivity index (χ4n) is 2.53. The summed E-state index contributed by atoms with van der Waals surface area (Å²) >= 11 is 0. The monoisotopic (exact) mass is 243 g/mol. The van der Waals surface area contributed by atoms with Gasteiger partial charge in [-0.15, -0.1) is 0 Å². The first-order valence-corrected chi connectivity index (χ1v) is 6.22. The Morgan fingerprint density at radius 1 is 1.44 bits per heavy atom. The molecule has 18 heavy (non-hydrogen) atoms. The number of carbonyl (C=O) groups excluding carboxylic acids is 1. The first-order valence-electron chi connectivity index (χ1n) is 6.22. The van der Waals surface area contributed by atoms with Gasteiger partial charge in [-0.05, 0) is 30.0 Å². The van der Waals surface area contributed by atoms with Crippen LogP contribution in [0.25, 0.3) is 10.9 Å². The second-order valence-corrected chi connectivity index (χ2v) is 5.72. The van der Waals surface area contributed by atoms with Crippen molar-refractivity contribution in [3.8, 4) is 5.75 Å². The highest BCUT2D eigenvalue weighted by Gasteiger charge is 2.50. The lowest BCUT2D eigenvalue weighted by Crippen LogP contribution is -2.05. The topological polar surface area (TPSA) is 42.1 Å². The van der Waals surface area contributed by atoms with E-state index >= 15 is 0 Å². The van der Waals surface area contributed by atoms with E-state index in [1.807, 2.05) is 24.4 Å². The maximum absolute atomic E-state index is 12.4. The smallest absolute Gasteiger partial charge is 0.168 e. The molecule has 3 heteroatoms. The van der Waals surface area contributed by atoms with Gasteiger partial charge in [0.15, 0.2) is 5.78 Å². The number of hydrogen-bond donors (Lipinski definition) is 1. The molecule has 0 spiro atoms. The number of methoxy groups -OCH3 is 1. The molecule has 1 aliphatic carbocycles. The molecule has 3 nitrogen and oxygen atoms in total. The largest absolute Gasteiger partial charge is 0.497 e. The van der Waals surface area contributed by atoms with Crippen LogP contribution in [0.15, 0.2) is 24.4 Å². The van der Waals surface area contributed by atoms with Crippen molar-refractivity contribution < 1.29 is 9.53 Å². The standard InChI is InChI=1S/C15H17NO2/c1-15(2)7-12(15)14(17)11-8-16-13-5-4-9(18-3)6-10(11)13/h4-6,8,12,16H,7H2,1-3H3. The average molecular weight is 243 g/mol. The lowest BCUT2D eigenvalue weighted by atomic mass is 10.0. The van der Waals surface area contributed by atoms with Gasteiger partial charge >= 0.3 is 0 Å². The molecule has 1 N–H and O–H groups in total. The van der Waals surface area contributed by atoms with Crippen molar-refractivity contribution in [1.29, 1.82) is 0 Å². The van der Waals surface area contributed by atoms with Crippen LogP contribution >= 0.6 is 0 Å². The van der Waals surface area contributed by atoms with Crippen molar-refractivity contribution in [2.24, 2.45) is 11.3 Å². The van der Waals surface area contributed by atoms with Crippen LogP contribution in [0.4, 0.5) is 0 Å². The second-order valence-electron chi connectivity index (χ2n) is 5.72. The Kier molecular flexibility index (Phi) is 2.27. The normalized spacial score (nSPS) is 20.9. The first kappa shape index (κ1) is 11.3. The van der Waals surface area contributed by atoms with Crippen molar-refractivity contribution in [1.82, 2.24) is 4.98 Å². The van der Waals surface area contributed by atoms with Gasteiger partial charge < -0.3 is 9.72 Å². The summed E-state index contributed by atoms with van der Waals surface area (Å²) in [6, 6.07) is 5.77. The zero-order valence-corrected chi connectivity index (χ0v) is 10.9. The zero-order valence-electron chi connectivity index (χ0n) is 10.9. The number of nitrogens with one attached hydrogen (secondary N) is 1. The van der Waals surface area contributed by atoms with E-state index in [0.29, 0.717) is 0 Å². The van der Waals surface area contributed by atoms with E-state index in [1.54, 1.807) is 7.11 Å². The molecule has 1 aliphatic rings. The highest BCUT2D eigenvalue weighted by Crippen LogP contribution is 2.53. The highest BCUT2D eigenvalue weighted by molar-refractivity contribution is 6.10. The molecule has 94 valence electrons. The summed E-state index contributed by atoms with van der Waals surface area (Å²) in [5, 5.41) is 0.960. The van der Waals surface area contributed by atoms with E-state index in [9.17, 15) is 4.79 Å². The fourth-order valence-corrected chi connectivity index (χ4v) is 2.53. The third-order valence-corrected chi connectivity index (χ3v) is 3.98. The summed E-state index contributed by atoms with van der Waals surface area (Å²) in [5.41, 5.74) is 1.94. The van der Waals surface area contributed by atoms with Gasteiger partial charge in [-0.25, -0.2) is 0 Å². The van der Waals surface area contributed by atoms with E-state index in [2.05, 4.69) is 18.8 Å². The number of aromatic nitrogens is 1. The van der Waals surface area contributed by atoms with Crippen molar-refractivity contribution >= 4 is 16.7 Å². The summed E-state index contributed by atoms with van der Waals surface area (Å²) in [4.78, 5) is 15.6. The number of ether oxygens (including phenoxy) is 1. The van der Waals surface area contributed by atoms with Crippen molar-refractivity contribution in [3.63, 3.8) is 0 Å². The minimum Gasteiger partial charge on any atom is -0.497 e. The van der Waals surface area contributed by atoms with Crippen LogP contribution in [0.1, 0.15) is 30.6 Å². The van der Waals surface area contributed by atoms with Crippen LogP contribution in [-0.4, -0.2) is 17.9 Å². The van der Waals surface area contributed by atoms with Gasteiger partial charge in [-0.1, -0.05) is 13.8 Å². The average Bonchev–Trinajstić information content (AvgIpc) is 2.82. The number of hydrogen-bond acceptors (Lipinski definition) is 2. The molecule has 0 bridgehead atoms. The Morgan fingerprint density at radius 3 is 2.78 bits per heavy atom. The molecule has 0 saturated heterocycles. The van der Waals surface area contributed by atoms with Gasteiger partial charge in [0.05, 0.1) is 7.11 Å². The molecular weight excluding hydrogens is 226 g/mol. The maximum atomic E-state index is 12.4. The van der Waals surface area contributed by atoms with Crippen molar-refractivity contribution in [3.05, 3.63) is 30.0 Å². The van der Waals surface area contributed by atoms with Crippen LogP contribution in [0.2, 0.25) is 0 Å². The third-order valence-electron chi connectivity index (χ3n) is 3.98. The van der Waals surface area contributed by atoms with Gasteiger partial charge in [0.1, 0.15) is 5.75 Å². The molecule has 2 aromatic rings. The van der Waals surface area contributed by atoms with E-state index in [-0.39, 0.29) is 17.1 Å². The third kappa shape index (κ3) is 1.62. The molecule has 1 atom stereocenters. The minimum atomic E-state index is 0.166. The number of fused-ring (bicyclic) bond motifs is 1. The fraction of sp³-hybridized carbons (Fsp3) is 0.400. The predicted octanol–water partition coefficient (Wildman–Crippen LogP) is 3.41. The van der Waals surface area contributed by atoms with E-state index in [1.165, 1.54) is 0 Å². The van der Waals surface area contributed by atoms with E-state index < -0.39 is 0 Å². The number of rotatable bonds is 3. The van der Waals surface area contributed by atoms with Crippen molar-refractivity contribution in [2.75, 3.05) is 7.11 Å². The van der Waals surface area contributed by atoms with Crippen LogP contribution in [0.5, 0.6) is 5.75 Å². The van der Waals surface area contributed by atoms with E-state index in [0.717, 1.165) is 28.6 Å². The van der Waals surface area contributed by atoms with Crippen molar-refractivity contribution in [2.45, 2.75) is 20.3 Å². The number of benzene rings is 1. The van der Waals surface area contributed by atoms with E-state index in [4.69, 9.17) is 4.74 Å². The Balaban J connectivity index is 2.04. The van der Waals surface area contributed by atoms with Gasteiger partial charge in [0, 0.05) is 28.6 Å². The summed E-state index contributed by atoms with van der Waals surface area (Å²) in [6.45, 7) is 4.29. The summed E-state index contributed by atoms with van der Waals surface area (Å²) in [6.07, 6.45) is 2.81. The Bertz CT molecular complexity index is 624. The highest BCUT2D eigenvalue weighted by atomic mass is 16.5. The Hall–Kier alpha value is -1.77. The molecular formula is C15H17NO2. The maximum Gasteiger partial charge on any atom is 0.168 e.